The number of rotatable bonds is 3. The summed E-state index contributed by atoms with van der Waals surface area (Å²) in [4.78, 5) is 11.9. The lowest BCUT2D eigenvalue weighted by molar-refractivity contribution is -0.116. The zero-order valence-corrected chi connectivity index (χ0v) is 12.0. The van der Waals surface area contributed by atoms with E-state index in [0.29, 0.717) is 11.2 Å². The van der Waals surface area contributed by atoms with Crippen molar-refractivity contribution in [3.63, 3.8) is 0 Å². The Labute approximate surface area is 120 Å². The summed E-state index contributed by atoms with van der Waals surface area (Å²) in [5, 5.41) is 6.85. The van der Waals surface area contributed by atoms with Gasteiger partial charge in [-0.05, 0) is 28.1 Å². The first kappa shape index (κ1) is 12.2. The Morgan fingerprint density at radius 1 is 1.42 bits per heavy atom. The smallest absolute Gasteiger partial charge is 0.246 e. The predicted molar refractivity (Wildman–Crippen MR) is 76.0 cm³/mol. The summed E-state index contributed by atoms with van der Waals surface area (Å²) in [6.07, 6.45) is 3.38. The highest BCUT2D eigenvalue weighted by Crippen LogP contribution is 2.21. The molecule has 0 aliphatic heterocycles. The van der Waals surface area contributed by atoms with Gasteiger partial charge in [0.25, 0.3) is 0 Å². The van der Waals surface area contributed by atoms with E-state index in [2.05, 4.69) is 35.1 Å². The third-order valence-electron chi connectivity index (χ3n) is 2.47. The molecule has 6 nitrogen and oxygen atoms in total. The molecule has 0 saturated carbocycles. The van der Waals surface area contributed by atoms with Crippen LogP contribution >= 0.6 is 27.7 Å². The second kappa shape index (κ2) is 5.06. The third-order valence-corrected chi connectivity index (χ3v) is 3.42. The van der Waals surface area contributed by atoms with E-state index in [0.717, 1.165) is 21.7 Å². The number of halogens is 1. The molecule has 0 aliphatic rings. The largest absolute Gasteiger partial charge is 0.322 e. The molecule has 0 bridgehead atoms. The molecule has 2 heterocycles. The predicted octanol–water partition coefficient (Wildman–Crippen LogP) is 2.29. The van der Waals surface area contributed by atoms with Crippen LogP contribution in [-0.4, -0.2) is 24.4 Å². The zero-order valence-electron chi connectivity index (χ0n) is 9.58. The number of anilines is 1. The number of hydrogen-bond donors (Lipinski definition) is 1. The van der Waals surface area contributed by atoms with Gasteiger partial charge in [0.05, 0.1) is 28.1 Å². The maximum Gasteiger partial charge on any atom is 0.246 e. The van der Waals surface area contributed by atoms with Gasteiger partial charge in [-0.3, -0.25) is 9.48 Å². The fraction of sp³-hybridized carbons (Fsp3) is 0.0909. The van der Waals surface area contributed by atoms with Gasteiger partial charge in [-0.1, -0.05) is 6.07 Å². The highest BCUT2D eigenvalue weighted by Gasteiger charge is 2.09. The Hall–Kier alpha value is -1.80. The maximum atomic E-state index is 11.9. The number of hydrogen-bond acceptors (Lipinski definition) is 5. The van der Waals surface area contributed by atoms with Crippen molar-refractivity contribution in [1.82, 2.24) is 18.5 Å². The molecule has 96 valence electrons. The van der Waals surface area contributed by atoms with E-state index >= 15 is 0 Å². The zero-order chi connectivity index (χ0) is 13.2. The molecule has 0 aliphatic carbocycles. The topological polar surface area (TPSA) is 72.7 Å². The summed E-state index contributed by atoms with van der Waals surface area (Å²) in [5.74, 6) is -0.156. The van der Waals surface area contributed by atoms with Crippen molar-refractivity contribution in [2.24, 2.45) is 0 Å². The normalized spacial score (nSPS) is 10.8. The number of carbonyl (C=O) groups is 1. The van der Waals surface area contributed by atoms with E-state index in [-0.39, 0.29) is 12.5 Å². The number of nitrogens with one attached hydrogen (secondary N) is 1. The fourth-order valence-electron chi connectivity index (χ4n) is 1.67. The molecule has 2 aromatic heterocycles. The van der Waals surface area contributed by atoms with Crippen LogP contribution in [0, 0.1) is 0 Å². The lowest BCUT2D eigenvalue weighted by atomic mass is 10.2. The molecule has 1 aromatic carbocycles. The van der Waals surface area contributed by atoms with Crippen molar-refractivity contribution in [3.05, 3.63) is 35.1 Å². The number of amides is 1. The van der Waals surface area contributed by atoms with Crippen LogP contribution in [0.5, 0.6) is 0 Å². The van der Waals surface area contributed by atoms with Crippen molar-refractivity contribution in [1.29, 1.82) is 0 Å². The number of benzene rings is 1. The molecule has 0 unspecified atom stereocenters. The quantitative estimate of drug-likeness (QED) is 0.795. The van der Waals surface area contributed by atoms with Gasteiger partial charge in [-0.25, -0.2) is 0 Å². The van der Waals surface area contributed by atoms with Gasteiger partial charge in [0.1, 0.15) is 17.6 Å². The van der Waals surface area contributed by atoms with E-state index in [4.69, 9.17) is 0 Å². The second-order valence-electron chi connectivity index (χ2n) is 3.84. The average Bonchev–Trinajstić information content (AvgIpc) is 2.98. The monoisotopic (exact) mass is 337 g/mol. The van der Waals surface area contributed by atoms with Crippen LogP contribution in [0.1, 0.15) is 0 Å². The highest BCUT2D eigenvalue weighted by atomic mass is 79.9. The molecule has 0 fully saturated rings. The SMILES string of the molecule is O=C(Cn1cc(Br)cn1)Nc1cccc2nsnc12. The first-order valence-electron chi connectivity index (χ1n) is 5.41. The summed E-state index contributed by atoms with van der Waals surface area (Å²) in [6, 6.07) is 5.50. The summed E-state index contributed by atoms with van der Waals surface area (Å²) >= 11 is 4.41. The number of carbonyl (C=O) groups excluding carboxylic acids is 1. The summed E-state index contributed by atoms with van der Waals surface area (Å²) < 4.78 is 10.7. The minimum absolute atomic E-state index is 0.152. The standard InChI is InChI=1S/C11H8BrN5OS/c12-7-4-13-17(5-7)6-10(18)14-8-2-1-3-9-11(8)16-19-15-9/h1-5H,6H2,(H,14,18). The van der Waals surface area contributed by atoms with Gasteiger partial charge in [0, 0.05) is 6.20 Å². The van der Waals surface area contributed by atoms with Crippen LogP contribution in [0.3, 0.4) is 0 Å². The van der Waals surface area contributed by atoms with Crippen LogP contribution in [0.15, 0.2) is 35.1 Å². The van der Waals surface area contributed by atoms with Crippen LogP contribution in [0.2, 0.25) is 0 Å². The molecule has 0 saturated heterocycles. The van der Waals surface area contributed by atoms with Gasteiger partial charge >= 0.3 is 0 Å². The molecule has 0 spiro atoms. The lowest BCUT2D eigenvalue weighted by Crippen LogP contribution is -2.19. The minimum Gasteiger partial charge on any atom is -0.322 e. The van der Waals surface area contributed by atoms with Crippen molar-refractivity contribution in [2.75, 3.05) is 5.32 Å². The van der Waals surface area contributed by atoms with Crippen LogP contribution in [0.25, 0.3) is 11.0 Å². The fourth-order valence-corrected chi connectivity index (χ4v) is 2.55. The summed E-state index contributed by atoms with van der Waals surface area (Å²) in [5.41, 5.74) is 2.16. The van der Waals surface area contributed by atoms with E-state index in [1.54, 1.807) is 23.1 Å². The van der Waals surface area contributed by atoms with Crippen molar-refractivity contribution in [2.45, 2.75) is 6.54 Å². The molecule has 1 N–H and O–H groups in total. The molecular weight excluding hydrogens is 330 g/mol. The van der Waals surface area contributed by atoms with Crippen LogP contribution in [0.4, 0.5) is 5.69 Å². The Kier molecular flexibility index (Phi) is 3.26. The first-order valence-corrected chi connectivity index (χ1v) is 6.94. The van der Waals surface area contributed by atoms with Crippen molar-refractivity contribution < 1.29 is 4.79 Å². The van der Waals surface area contributed by atoms with Gasteiger partial charge in [-0.2, -0.15) is 13.8 Å². The Balaban J connectivity index is 1.77. The number of aromatic nitrogens is 4. The van der Waals surface area contributed by atoms with Gasteiger partial charge < -0.3 is 5.32 Å². The molecule has 8 heteroatoms. The molecular formula is C11H8BrN5OS. The van der Waals surface area contributed by atoms with Crippen LogP contribution < -0.4 is 5.32 Å². The third kappa shape index (κ3) is 2.64. The van der Waals surface area contributed by atoms with E-state index < -0.39 is 0 Å². The maximum absolute atomic E-state index is 11.9. The molecule has 0 radical (unpaired) electrons. The Bertz CT molecular complexity index is 737. The van der Waals surface area contributed by atoms with E-state index in [1.807, 2.05) is 12.1 Å². The highest BCUT2D eigenvalue weighted by molar-refractivity contribution is 9.10. The van der Waals surface area contributed by atoms with Gasteiger partial charge in [0.15, 0.2) is 0 Å². The molecule has 3 aromatic rings. The number of nitrogens with zero attached hydrogens (tertiary/aromatic N) is 4. The second-order valence-corrected chi connectivity index (χ2v) is 5.29. The van der Waals surface area contributed by atoms with E-state index in [9.17, 15) is 4.79 Å². The molecule has 3 rings (SSSR count). The first-order chi connectivity index (χ1) is 9.22. The summed E-state index contributed by atoms with van der Waals surface area (Å²) in [6.45, 7) is 0.152. The van der Waals surface area contributed by atoms with Gasteiger partial charge in [-0.15, -0.1) is 0 Å². The lowest BCUT2D eigenvalue weighted by Gasteiger charge is -2.05. The number of fused-ring (bicyclic) bond motifs is 1. The summed E-state index contributed by atoms with van der Waals surface area (Å²) in [7, 11) is 0. The Morgan fingerprint density at radius 3 is 3.11 bits per heavy atom. The molecule has 19 heavy (non-hydrogen) atoms. The Morgan fingerprint density at radius 2 is 2.32 bits per heavy atom. The van der Waals surface area contributed by atoms with Crippen molar-refractivity contribution in [3.8, 4) is 0 Å². The minimum atomic E-state index is -0.156. The van der Waals surface area contributed by atoms with E-state index in [1.165, 1.54) is 0 Å². The molecule has 0 atom stereocenters. The average molecular weight is 338 g/mol. The molecule has 1 amide bonds. The van der Waals surface area contributed by atoms with Crippen molar-refractivity contribution >= 4 is 50.3 Å². The van der Waals surface area contributed by atoms with Gasteiger partial charge in [0.2, 0.25) is 5.91 Å². The van der Waals surface area contributed by atoms with Crippen LogP contribution in [-0.2, 0) is 11.3 Å².